The largest absolute Gasteiger partial charge is 0.494 e. The molecule has 1 amide bonds. The lowest BCUT2D eigenvalue weighted by Crippen LogP contribution is -2.51. The average molecular weight is 479 g/mol. The van der Waals surface area contributed by atoms with E-state index in [0.29, 0.717) is 0 Å². The first-order valence-corrected chi connectivity index (χ1v) is 9.84. The van der Waals surface area contributed by atoms with Crippen LogP contribution in [0.4, 0.5) is 22.0 Å². The SMILES string of the molecule is COc1ccc([C@H](NC2=CC(F)=CC3NC(=O)C=CC23)[C@](C)(CO)C(F)(F)F)c(Cl)c1F. The van der Waals surface area contributed by atoms with E-state index in [1.165, 1.54) is 19.3 Å². The third-order valence-electron chi connectivity index (χ3n) is 5.67. The lowest BCUT2D eigenvalue weighted by atomic mass is 9.77. The van der Waals surface area contributed by atoms with Crippen LogP contribution in [0.15, 0.2) is 48.0 Å². The molecule has 0 saturated heterocycles. The summed E-state index contributed by atoms with van der Waals surface area (Å²) >= 11 is 6.07. The van der Waals surface area contributed by atoms with Crippen LogP contribution in [0.1, 0.15) is 18.5 Å². The lowest BCUT2D eigenvalue weighted by molar-refractivity contribution is -0.240. The maximum atomic E-state index is 14.6. The van der Waals surface area contributed by atoms with Crippen LogP contribution >= 0.6 is 11.6 Å². The first-order valence-electron chi connectivity index (χ1n) is 9.46. The number of amides is 1. The van der Waals surface area contributed by atoms with Crippen molar-refractivity contribution in [2.75, 3.05) is 13.7 Å². The number of aliphatic hydroxyl groups is 1. The number of nitrogens with one attached hydrogen (secondary N) is 2. The van der Waals surface area contributed by atoms with Gasteiger partial charge in [-0.25, -0.2) is 8.78 Å². The molecule has 1 aromatic carbocycles. The first kappa shape index (κ1) is 24.1. The van der Waals surface area contributed by atoms with Gasteiger partial charge in [0.25, 0.3) is 0 Å². The second-order valence-corrected chi connectivity index (χ2v) is 8.08. The number of benzene rings is 1. The highest BCUT2D eigenvalue weighted by Crippen LogP contribution is 2.50. The highest BCUT2D eigenvalue weighted by atomic mass is 35.5. The number of carbonyl (C=O) groups excluding carboxylic acids is 1. The fraction of sp³-hybridized carbons (Fsp3) is 0.381. The smallest absolute Gasteiger partial charge is 0.398 e. The van der Waals surface area contributed by atoms with Crippen LogP contribution in [-0.4, -0.2) is 36.9 Å². The van der Waals surface area contributed by atoms with Gasteiger partial charge in [-0.1, -0.05) is 23.7 Å². The molecule has 0 spiro atoms. The molecule has 2 aliphatic rings. The topological polar surface area (TPSA) is 70.6 Å². The number of carbonyl (C=O) groups is 1. The summed E-state index contributed by atoms with van der Waals surface area (Å²) in [5.74, 6) is -3.34. The Balaban J connectivity index is 2.14. The summed E-state index contributed by atoms with van der Waals surface area (Å²) in [6.45, 7) is -0.626. The van der Waals surface area contributed by atoms with Gasteiger partial charge in [-0.3, -0.25) is 4.79 Å². The van der Waals surface area contributed by atoms with Crippen LogP contribution in [0.2, 0.25) is 5.02 Å². The van der Waals surface area contributed by atoms with Crippen LogP contribution < -0.4 is 15.4 Å². The fourth-order valence-corrected chi connectivity index (χ4v) is 3.94. The van der Waals surface area contributed by atoms with E-state index in [1.807, 2.05) is 0 Å². The molecular formula is C21H20ClF5N2O3. The summed E-state index contributed by atoms with van der Waals surface area (Å²) in [6.07, 6.45) is -0.252. The van der Waals surface area contributed by atoms with Gasteiger partial charge in [-0.05, 0) is 36.8 Å². The number of alkyl halides is 3. The summed E-state index contributed by atoms with van der Waals surface area (Å²) in [6, 6.07) is -0.398. The van der Waals surface area contributed by atoms with Gasteiger partial charge in [-0.2, -0.15) is 13.2 Å². The van der Waals surface area contributed by atoms with Gasteiger partial charge in [0, 0.05) is 11.6 Å². The number of fused-ring (bicyclic) bond motifs is 1. The van der Waals surface area contributed by atoms with Crippen LogP contribution in [0.5, 0.6) is 5.75 Å². The zero-order valence-electron chi connectivity index (χ0n) is 16.9. The van der Waals surface area contributed by atoms with E-state index in [0.717, 1.165) is 31.2 Å². The molecular weight excluding hydrogens is 459 g/mol. The summed E-state index contributed by atoms with van der Waals surface area (Å²) in [4.78, 5) is 11.6. The predicted molar refractivity (Wildman–Crippen MR) is 107 cm³/mol. The van der Waals surface area contributed by atoms with Crippen LogP contribution in [0, 0.1) is 17.2 Å². The van der Waals surface area contributed by atoms with Crippen molar-refractivity contribution in [3.05, 3.63) is 64.4 Å². The van der Waals surface area contributed by atoms with Gasteiger partial charge >= 0.3 is 6.18 Å². The van der Waals surface area contributed by atoms with Crippen LogP contribution in [0.25, 0.3) is 0 Å². The van der Waals surface area contributed by atoms with Crippen LogP contribution in [-0.2, 0) is 4.79 Å². The number of ether oxygens (including phenoxy) is 1. The van der Waals surface area contributed by atoms with E-state index in [9.17, 15) is 31.9 Å². The second-order valence-electron chi connectivity index (χ2n) is 7.71. The third-order valence-corrected chi connectivity index (χ3v) is 6.06. The Kier molecular flexibility index (Phi) is 6.57. The summed E-state index contributed by atoms with van der Waals surface area (Å²) in [5.41, 5.74) is -3.16. The molecule has 4 atom stereocenters. The van der Waals surface area contributed by atoms with Gasteiger partial charge in [0.15, 0.2) is 11.6 Å². The standard InChI is InChI=1S/C21H20ClF5N2O3/c1-20(9-30,21(25,26)27)19(12-3-5-15(32-2)18(24)17(12)22)29-14-8-10(23)7-13-11(14)4-6-16(31)28-13/h3-8,11,13,19,29-30H,9H2,1-2H3,(H,28,31)/t11?,13?,19-,20-/m0/s1. The Bertz CT molecular complexity index is 1010. The monoisotopic (exact) mass is 478 g/mol. The molecule has 1 aliphatic heterocycles. The van der Waals surface area contributed by atoms with Gasteiger partial charge in [-0.15, -0.1) is 0 Å². The quantitative estimate of drug-likeness (QED) is 0.538. The minimum Gasteiger partial charge on any atom is -0.494 e. The normalized spacial score (nSPS) is 23.3. The van der Waals surface area contributed by atoms with Crippen LogP contribution in [0.3, 0.4) is 0 Å². The van der Waals surface area contributed by atoms with Crippen molar-refractivity contribution in [2.45, 2.75) is 25.2 Å². The molecule has 1 aromatic rings. The maximum Gasteiger partial charge on any atom is 0.398 e. The number of halogens is 6. The average Bonchev–Trinajstić information content (AvgIpc) is 2.72. The molecule has 1 heterocycles. The van der Waals surface area contributed by atoms with E-state index < -0.39 is 58.8 Å². The number of hydrogen-bond acceptors (Lipinski definition) is 4. The fourth-order valence-electron chi connectivity index (χ4n) is 3.68. The number of rotatable bonds is 6. The molecule has 0 aromatic heterocycles. The molecule has 1 aliphatic carbocycles. The Morgan fingerprint density at radius 1 is 1.31 bits per heavy atom. The van der Waals surface area contributed by atoms with Gasteiger partial charge in [0.05, 0.1) is 30.8 Å². The molecule has 0 saturated carbocycles. The Morgan fingerprint density at radius 2 is 2.00 bits per heavy atom. The first-order chi connectivity index (χ1) is 14.9. The van der Waals surface area contributed by atoms with Crippen molar-refractivity contribution in [3.63, 3.8) is 0 Å². The number of methoxy groups -OCH3 is 1. The second kappa shape index (κ2) is 8.74. The molecule has 3 rings (SSSR count). The van der Waals surface area contributed by atoms with E-state index in [1.54, 1.807) is 0 Å². The molecule has 174 valence electrons. The van der Waals surface area contributed by atoms with Crippen molar-refractivity contribution in [1.82, 2.24) is 10.6 Å². The molecule has 0 fully saturated rings. The van der Waals surface area contributed by atoms with E-state index >= 15 is 0 Å². The number of aliphatic hydroxyl groups excluding tert-OH is 1. The molecule has 2 unspecified atom stereocenters. The minimum absolute atomic E-state index is 0.00697. The highest BCUT2D eigenvalue weighted by molar-refractivity contribution is 6.31. The van der Waals surface area contributed by atoms with Gasteiger partial charge in [0.1, 0.15) is 11.2 Å². The summed E-state index contributed by atoms with van der Waals surface area (Å²) in [7, 11) is 1.17. The Morgan fingerprint density at radius 3 is 2.59 bits per heavy atom. The van der Waals surface area contributed by atoms with E-state index in [4.69, 9.17) is 16.3 Å². The highest BCUT2D eigenvalue weighted by Gasteiger charge is 2.57. The molecule has 5 nitrogen and oxygen atoms in total. The molecule has 11 heteroatoms. The van der Waals surface area contributed by atoms with Gasteiger partial charge in [0.2, 0.25) is 5.91 Å². The van der Waals surface area contributed by atoms with Crippen molar-refractivity contribution < 1.29 is 36.6 Å². The van der Waals surface area contributed by atoms with Crippen molar-refractivity contribution in [2.24, 2.45) is 11.3 Å². The maximum absolute atomic E-state index is 14.6. The molecule has 32 heavy (non-hydrogen) atoms. The van der Waals surface area contributed by atoms with Gasteiger partial charge < -0.3 is 20.5 Å². The van der Waals surface area contributed by atoms with E-state index in [-0.39, 0.29) is 17.0 Å². The Hall–Kier alpha value is -2.59. The van der Waals surface area contributed by atoms with Crippen molar-refractivity contribution in [1.29, 1.82) is 0 Å². The predicted octanol–water partition coefficient (Wildman–Crippen LogP) is 4.10. The summed E-state index contributed by atoms with van der Waals surface area (Å²) < 4.78 is 75.9. The Labute approximate surface area is 185 Å². The third kappa shape index (κ3) is 4.21. The molecule has 3 N–H and O–H groups in total. The summed E-state index contributed by atoms with van der Waals surface area (Å²) in [5, 5.41) is 14.3. The molecule has 0 radical (unpaired) electrons. The molecule has 0 bridgehead atoms. The van der Waals surface area contributed by atoms with Crippen molar-refractivity contribution in [3.8, 4) is 5.75 Å². The zero-order chi connectivity index (χ0) is 23.8. The zero-order valence-corrected chi connectivity index (χ0v) is 17.7. The lowest BCUT2D eigenvalue weighted by Gasteiger charge is -2.42. The minimum atomic E-state index is -4.96. The van der Waals surface area contributed by atoms with Crippen molar-refractivity contribution >= 4 is 17.5 Å². The number of hydrogen-bond donors (Lipinski definition) is 3. The van der Waals surface area contributed by atoms with E-state index in [2.05, 4.69) is 10.6 Å². The number of allylic oxidation sites excluding steroid dienone is 2.